The van der Waals surface area contributed by atoms with Crippen molar-refractivity contribution in [1.29, 1.82) is 0 Å². The Kier molecular flexibility index (Phi) is 3.39. The number of ether oxygens (including phenoxy) is 1. The smallest absolute Gasteiger partial charge is 0.191 e. The Hall–Kier alpha value is -2.38. The first kappa shape index (κ1) is 11.6. The normalized spacial score (nSPS) is 49.1. The predicted molar refractivity (Wildman–Crippen MR) is 133 cm³/mol. The van der Waals surface area contributed by atoms with Crippen LogP contribution in [-0.2, 0) is 4.74 Å². The van der Waals surface area contributed by atoms with Crippen molar-refractivity contribution in [2.24, 2.45) is 0 Å². The summed E-state index contributed by atoms with van der Waals surface area (Å²) in [6.45, 7) is -3.07. The summed E-state index contributed by atoms with van der Waals surface area (Å²) in [4.78, 5) is 7.97. The van der Waals surface area contributed by atoms with Gasteiger partial charge in [-0.25, -0.2) is 19.0 Å². The van der Waals surface area contributed by atoms with Gasteiger partial charge in [-0.05, 0) is 36.8 Å². The van der Waals surface area contributed by atoms with Crippen LogP contribution < -0.4 is 5.32 Å². The van der Waals surface area contributed by atoms with Gasteiger partial charge in [0.25, 0.3) is 0 Å². The molecule has 2 saturated carbocycles. The van der Waals surface area contributed by atoms with Gasteiger partial charge in [0, 0.05) is 36.4 Å². The summed E-state index contributed by atoms with van der Waals surface area (Å²) < 4.78 is 170. The molecule has 5 rings (SSSR count). The quantitative estimate of drug-likeness (QED) is 0.225. The lowest BCUT2D eigenvalue weighted by Gasteiger charge is -2.17. The Morgan fingerprint density at radius 1 is 1.36 bits per heavy atom. The molecule has 0 spiro atoms. The van der Waals surface area contributed by atoms with E-state index in [0.717, 1.165) is 13.8 Å². The minimum atomic E-state index is -4.30. The molecule has 12 heteroatoms. The zero-order valence-corrected chi connectivity index (χ0v) is 19.4. The number of thioether (sulfide) groups is 1. The number of anilines is 1. The van der Waals surface area contributed by atoms with Crippen molar-refractivity contribution in [2.75, 3.05) is 24.2 Å². The van der Waals surface area contributed by atoms with Gasteiger partial charge in [-0.1, -0.05) is 36.0 Å². The number of hydrogen-bond acceptors (Lipinski definition) is 10. The van der Waals surface area contributed by atoms with E-state index in [1.165, 1.54) is 0 Å². The first-order chi connectivity index (χ1) is 24.1. The molecule has 2 aliphatic carbocycles. The number of nitrogens with one attached hydrogen (secondary N) is 1. The second-order valence-electron chi connectivity index (χ2n) is 7.21. The van der Waals surface area contributed by atoms with E-state index >= 15 is 0 Å². The molecule has 0 bridgehead atoms. The Morgan fingerprint density at radius 3 is 2.97 bits per heavy atom. The fraction of sp³-hybridized carbons (Fsp3) is 0.583. The van der Waals surface area contributed by atoms with Gasteiger partial charge in [0.05, 0.1) is 37.6 Å². The predicted octanol–water partition coefficient (Wildman–Crippen LogP) is 2.18. The van der Waals surface area contributed by atoms with E-state index in [0.29, 0.717) is 0 Å². The van der Waals surface area contributed by atoms with E-state index in [1.807, 2.05) is 0 Å². The maximum atomic E-state index is 14.9. The first-order valence-corrected chi connectivity index (χ1v) is 11.0. The number of nitrogens with zero attached hydrogens (tertiary/aromatic N) is 5. The highest BCUT2D eigenvalue weighted by Gasteiger charge is 2.45. The molecule has 0 unspecified atom stereocenters. The Balaban J connectivity index is 1.77. The van der Waals surface area contributed by atoms with Gasteiger partial charge in [-0.3, -0.25) is 0 Å². The minimum Gasteiger partial charge on any atom is -0.394 e. The highest BCUT2D eigenvalue weighted by Crippen LogP contribution is 2.44. The number of aliphatic hydroxyl groups is 3. The first-order valence-electron chi connectivity index (χ1n) is 19.2. The van der Waals surface area contributed by atoms with Crippen LogP contribution in [0.5, 0.6) is 0 Å². The molecule has 194 valence electrons. The summed E-state index contributed by atoms with van der Waals surface area (Å²) >= 11 is -0.0380. The van der Waals surface area contributed by atoms with Crippen LogP contribution in [0.15, 0.2) is 23.3 Å². The number of halogens is 1. The van der Waals surface area contributed by atoms with Gasteiger partial charge < -0.3 is 25.4 Å². The second-order valence-corrected chi connectivity index (χ2v) is 7.98. The topological polar surface area (TPSA) is 138 Å². The van der Waals surface area contributed by atoms with Crippen molar-refractivity contribution < 1.29 is 49.1 Å². The van der Waals surface area contributed by atoms with E-state index in [4.69, 9.17) is 24.7 Å². The molecule has 36 heavy (non-hydrogen) atoms. The van der Waals surface area contributed by atoms with Crippen LogP contribution in [-0.4, -0.2) is 83.4 Å². The lowest BCUT2D eigenvalue weighted by molar-refractivity contribution is -0.0629. The van der Waals surface area contributed by atoms with Crippen LogP contribution in [0.25, 0.3) is 11.2 Å². The number of rotatable bonds is 10. The standard InChI is InChI=1S/C24H31FN6O4S/c1-3-8-36-24-27-22(26-16-10-14(16)13-5-4-12(2)15(25)9-13)19-23(28-24)31(30-29-19)17-11-18(35-7-6-32)21(34)20(17)33/h4-5,9,14,16-18,20-21,32-34H,3,6-8,10-11H2,1-2H3,(H,26,27,28)/t14-,16+,17+,18-,20-,21+/m0/s1/i3D2,4D,5D,7D2,8D2,9D,10D2,11D2,14D,17D,18D,20D,21D. The maximum absolute atomic E-state index is 14.9. The van der Waals surface area contributed by atoms with Crippen molar-refractivity contribution in [3.8, 4) is 0 Å². The average molecular weight is 537 g/mol. The number of aliphatic hydroxyl groups excluding tert-OH is 1. The Labute approximate surface area is 237 Å². The van der Waals surface area contributed by atoms with Gasteiger partial charge >= 0.3 is 0 Å². The molecule has 2 aliphatic rings. The number of fused-ring (bicyclic) bond motifs is 1. The van der Waals surface area contributed by atoms with E-state index in [2.05, 4.69) is 30.3 Å². The SMILES string of the molecule is [2H]c1c([2H])c([C@@]2([2H])[C@H](Nc3nc(SC([2H])([2H])C([2H])([2H])C)nc4c3nnn4[C@]3([2H])C([2H])([2H])[C@]([2H])(OC([2H])([2H])CO)[C@@]([2H])(O)[C@@]3([2H])O)C2([2H])[2H])c([2H])c(F)c1C. The van der Waals surface area contributed by atoms with Gasteiger partial charge in [0.2, 0.25) is 0 Å². The summed E-state index contributed by atoms with van der Waals surface area (Å²) in [6, 6.07) is -8.56. The van der Waals surface area contributed by atoms with Crippen LogP contribution in [0.1, 0.15) is 73.8 Å². The number of hydrogen-bond donors (Lipinski definition) is 4. The van der Waals surface area contributed by atoms with Gasteiger partial charge in [-0.2, -0.15) is 0 Å². The molecule has 2 fully saturated rings. The van der Waals surface area contributed by atoms with E-state index < -0.39 is 131 Å². The third-order valence-corrected chi connectivity index (χ3v) is 5.54. The summed E-state index contributed by atoms with van der Waals surface area (Å²) in [6.07, 6.45) is -22.3. The second kappa shape index (κ2) is 10.5. The summed E-state index contributed by atoms with van der Waals surface area (Å²) in [5.74, 6) is -4.76. The summed E-state index contributed by atoms with van der Waals surface area (Å²) in [5.41, 5.74) is -5.91. The largest absolute Gasteiger partial charge is 0.394 e. The number of benzene rings is 1. The molecule has 6 atom stereocenters. The molecule has 0 aliphatic heterocycles. The van der Waals surface area contributed by atoms with Crippen molar-refractivity contribution in [3.63, 3.8) is 0 Å². The molecule has 0 saturated heterocycles. The molecule has 1 aromatic carbocycles. The molecular weight excluding hydrogens is 487 g/mol. The maximum Gasteiger partial charge on any atom is 0.191 e. The highest BCUT2D eigenvalue weighted by molar-refractivity contribution is 7.99. The van der Waals surface area contributed by atoms with Gasteiger partial charge in [-0.15, -0.1) is 5.10 Å². The van der Waals surface area contributed by atoms with Crippen LogP contribution in [0.4, 0.5) is 10.2 Å². The molecule has 0 amide bonds. The van der Waals surface area contributed by atoms with E-state index in [9.17, 15) is 19.7 Å². The Morgan fingerprint density at radius 2 is 2.19 bits per heavy atom. The van der Waals surface area contributed by atoms with Crippen molar-refractivity contribution in [1.82, 2.24) is 25.0 Å². The van der Waals surface area contributed by atoms with Crippen molar-refractivity contribution >= 4 is 28.7 Å². The molecule has 4 N–H and O–H groups in total. The molecule has 10 nitrogen and oxygen atoms in total. The molecule has 2 heterocycles. The summed E-state index contributed by atoms with van der Waals surface area (Å²) in [7, 11) is 0. The third-order valence-electron chi connectivity index (χ3n) is 4.87. The molecule has 2 aromatic heterocycles. The molecule has 3 aromatic rings. The van der Waals surface area contributed by atoms with Crippen LogP contribution in [0, 0.1) is 12.7 Å². The third kappa shape index (κ3) is 4.92. The van der Waals surface area contributed by atoms with Crippen LogP contribution in [0.2, 0.25) is 0 Å². The molecular formula is C24H31FN6O4S. The highest BCUT2D eigenvalue weighted by atomic mass is 32.2. The van der Waals surface area contributed by atoms with E-state index in [1.54, 1.807) is 0 Å². The zero-order valence-electron chi connectivity index (χ0n) is 36.6. The minimum absolute atomic E-state index is 0.0380. The number of aromatic nitrogens is 5. The fourth-order valence-corrected chi connectivity index (χ4v) is 3.58. The zero-order chi connectivity index (χ0) is 41.6. The van der Waals surface area contributed by atoms with Crippen molar-refractivity contribution in [2.45, 2.75) is 74.3 Å². The lowest BCUT2D eigenvalue weighted by atomic mass is 10.1. The van der Waals surface area contributed by atoms with E-state index in [-0.39, 0.29) is 16.4 Å². The van der Waals surface area contributed by atoms with Crippen molar-refractivity contribution in [3.05, 3.63) is 35.1 Å². The van der Waals surface area contributed by atoms with Gasteiger partial charge in [0.15, 0.2) is 22.1 Å². The fourth-order valence-electron chi connectivity index (χ4n) is 3.12. The van der Waals surface area contributed by atoms with Gasteiger partial charge in [0.1, 0.15) is 18.0 Å². The van der Waals surface area contributed by atoms with Crippen LogP contribution in [0.3, 0.4) is 0 Å². The van der Waals surface area contributed by atoms with Crippen LogP contribution >= 0.6 is 11.8 Å². The monoisotopic (exact) mass is 536 g/mol. The Bertz CT molecular complexity index is 2030. The summed E-state index contributed by atoms with van der Waals surface area (Å²) in [5, 5.41) is 40.6. The average Bonchev–Trinajstić information content (AvgIpc) is 3.28. The lowest BCUT2D eigenvalue weighted by Crippen LogP contribution is -2.33. The molecule has 0 radical (unpaired) electrons.